The lowest BCUT2D eigenvalue weighted by molar-refractivity contribution is 0.961. The molecule has 0 unspecified atom stereocenters. The van der Waals surface area contributed by atoms with E-state index in [0.717, 1.165) is 39.9 Å². The van der Waals surface area contributed by atoms with Crippen LogP contribution in [0.5, 0.6) is 0 Å². The molecule has 6 heteroatoms. The summed E-state index contributed by atoms with van der Waals surface area (Å²) in [7, 11) is 0. The molecule has 23 heavy (non-hydrogen) atoms. The van der Waals surface area contributed by atoms with E-state index in [1.54, 1.807) is 12.4 Å². The monoisotopic (exact) mass is 308 g/mol. The van der Waals surface area contributed by atoms with E-state index >= 15 is 0 Å². The minimum atomic E-state index is 0.599. The van der Waals surface area contributed by atoms with Crippen LogP contribution in [0.4, 0.5) is 5.82 Å². The van der Waals surface area contributed by atoms with Crippen LogP contribution in [0, 0.1) is 27.7 Å². The van der Waals surface area contributed by atoms with Crippen molar-refractivity contribution in [1.82, 2.24) is 24.9 Å². The van der Waals surface area contributed by atoms with E-state index in [0.29, 0.717) is 12.4 Å². The number of aromatic amines is 1. The first-order valence-electron chi connectivity index (χ1n) is 7.56. The number of pyridine rings is 1. The third-order valence-electron chi connectivity index (χ3n) is 3.93. The van der Waals surface area contributed by atoms with Gasteiger partial charge in [0.1, 0.15) is 11.6 Å². The maximum Gasteiger partial charge on any atom is 0.161 e. The van der Waals surface area contributed by atoms with E-state index < -0.39 is 0 Å². The standard InChI is InChI=1S/C17H20N6/c1-10-11(2)22-17(14-5-7-18-8-6-14)23-16(10)19-9-15-20-12(3)13(4)21-15/h5-8H,9H2,1-4H3,(H,20,21)(H,19,22,23). The van der Waals surface area contributed by atoms with Crippen molar-refractivity contribution >= 4 is 5.82 Å². The van der Waals surface area contributed by atoms with Gasteiger partial charge in [0.05, 0.1) is 12.2 Å². The molecule has 0 saturated heterocycles. The molecular weight excluding hydrogens is 288 g/mol. The van der Waals surface area contributed by atoms with Gasteiger partial charge in [-0.05, 0) is 39.8 Å². The van der Waals surface area contributed by atoms with Crippen LogP contribution >= 0.6 is 0 Å². The molecule has 0 spiro atoms. The smallest absolute Gasteiger partial charge is 0.161 e. The number of aromatic nitrogens is 5. The summed E-state index contributed by atoms with van der Waals surface area (Å²) >= 11 is 0. The lowest BCUT2D eigenvalue weighted by atomic mass is 10.2. The van der Waals surface area contributed by atoms with Crippen molar-refractivity contribution in [3.8, 4) is 11.4 Å². The average molecular weight is 308 g/mol. The van der Waals surface area contributed by atoms with Gasteiger partial charge in [-0.3, -0.25) is 4.98 Å². The lowest BCUT2D eigenvalue weighted by Gasteiger charge is -2.11. The molecule has 0 fully saturated rings. The molecule has 3 rings (SSSR count). The number of nitrogens with zero attached hydrogens (tertiary/aromatic N) is 4. The molecule has 118 valence electrons. The Balaban J connectivity index is 1.88. The minimum absolute atomic E-state index is 0.599. The third-order valence-corrected chi connectivity index (χ3v) is 3.93. The Morgan fingerprint density at radius 1 is 0.957 bits per heavy atom. The summed E-state index contributed by atoms with van der Waals surface area (Å²) in [4.78, 5) is 21.0. The summed E-state index contributed by atoms with van der Waals surface area (Å²) < 4.78 is 0. The molecule has 0 radical (unpaired) electrons. The fraction of sp³-hybridized carbons (Fsp3) is 0.294. The second-order valence-corrected chi connectivity index (χ2v) is 5.59. The minimum Gasteiger partial charge on any atom is -0.362 e. The second kappa shape index (κ2) is 6.16. The van der Waals surface area contributed by atoms with E-state index in [4.69, 9.17) is 0 Å². The largest absolute Gasteiger partial charge is 0.362 e. The van der Waals surface area contributed by atoms with E-state index in [1.165, 1.54) is 0 Å². The zero-order chi connectivity index (χ0) is 16.4. The van der Waals surface area contributed by atoms with Gasteiger partial charge in [-0.1, -0.05) is 0 Å². The highest BCUT2D eigenvalue weighted by Crippen LogP contribution is 2.21. The number of H-pyrrole nitrogens is 1. The van der Waals surface area contributed by atoms with Gasteiger partial charge in [-0.2, -0.15) is 0 Å². The first-order chi connectivity index (χ1) is 11.0. The molecule has 0 atom stereocenters. The third kappa shape index (κ3) is 3.21. The van der Waals surface area contributed by atoms with E-state index in [-0.39, 0.29) is 0 Å². The number of imidazole rings is 1. The van der Waals surface area contributed by atoms with Crippen molar-refractivity contribution < 1.29 is 0 Å². The molecular formula is C17H20N6. The highest BCUT2D eigenvalue weighted by atomic mass is 15.1. The van der Waals surface area contributed by atoms with Crippen LogP contribution in [0.1, 0.15) is 28.5 Å². The van der Waals surface area contributed by atoms with Crippen molar-refractivity contribution in [3.05, 3.63) is 53.0 Å². The van der Waals surface area contributed by atoms with Gasteiger partial charge in [0.15, 0.2) is 5.82 Å². The van der Waals surface area contributed by atoms with Crippen LogP contribution < -0.4 is 5.32 Å². The molecule has 0 aromatic carbocycles. The van der Waals surface area contributed by atoms with Crippen molar-refractivity contribution in [2.45, 2.75) is 34.2 Å². The van der Waals surface area contributed by atoms with E-state index in [1.807, 2.05) is 39.8 Å². The highest BCUT2D eigenvalue weighted by molar-refractivity contribution is 5.59. The molecule has 0 aliphatic carbocycles. The molecule has 3 heterocycles. The van der Waals surface area contributed by atoms with Crippen LogP contribution in [-0.2, 0) is 6.54 Å². The van der Waals surface area contributed by atoms with Gasteiger partial charge in [-0.25, -0.2) is 15.0 Å². The lowest BCUT2D eigenvalue weighted by Crippen LogP contribution is -2.08. The first-order valence-corrected chi connectivity index (χ1v) is 7.56. The zero-order valence-electron chi connectivity index (χ0n) is 13.8. The summed E-state index contributed by atoms with van der Waals surface area (Å²) in [6.07, 6.45) is 3.49. The predicted molar refractivity (Wildman–Crippen MR) is 90.1 cm³/mol. The van der Waals surface area contributed by atoms with Gasteiger partial charge in [0.25, 0.3) is 0 Å². The molecule has 3 aromatic heterocycles. The quantitative estimate of drug-likeness (QED) is 0.774. The molecule has 0 aliphatic heterocycles. The van der Waals surface area contributed by atoms with Gasteiger partial charge < -0.3 is 10.3 Å². The van der Waals surface area contributed by atoms with Crippen molar-refractivity contribution in [3.63, 3.8) is 0 Å². The first kappa shape index (κ1) is 15.1. The van der Waals surface area contributed by atoms with Crippen molar-refractivity contribution in [2.75, 3.05) is 5.32 Å². The van der Waals surface area contributed by atoms with E-state index in [2.05, 4.69) is 30.2 Å². The highest BCUT2D eigenvalue weighted by Gasteiger charge is 2.10. The maximum atomic E-state index is 4.66. The molecule has 0 aliphatic rings. The van der Waals surface area contributed by atoms with Crippen LogP contribution in [0.15, 0.2) is 24.5 Å². The zero-order valence-corrected chi connectivity index (χ0v) is 13.8. The van der Waals surface area contributed by atoms with Crippen LogP contribution in [0.2, 0.25) is 0 Å². The Hall–Kier alpha value is -2.76. The van der Waals surface area contributed by atoms with Crippen molar-refractivity contribution in [2.24, 2.45) is 0 Å². The molecule has 0 amide bonds. The van der Waals surface area contributed by atoms with Crippen LogP contribution in [0.3, 0.4) is 0 Å². The summed E-state index contributed by atoms with van der Waals surface area (Å²) in [5.74, 6) is 2.43. The molecule has 6 nitrogen and oxygen atoms in total. The normalized spacial score (nSPS) is 10.8. The summed E-state index contributed by atoms with van der Waals surface area (Å²) in [5, 5.41) is 3.36. The number of nitrogens with one attached hydrogen (secondary N) is 2. The van der Waals surface area contributed by atoms with Crippen molar-refractivity contribution in [1.29, 1.82) is 0 Å². The Kier molecular flexibility index (Phi) is 4.06. The van der Waals surface area contributed by atoms with Gasteiger partial charge in [0, 0.05) is 34.9 Å². The Labute approximate surface area is 135 Å². The van der Waals surface area contributed by atoms with Crippen LogP contribution in [0.25, 0.3) is 11.4 Å². The topological polar surface area (TPSA) is 79.4 Å². The Morgan fingerprint density at radius 3 is 2.35 bits per heavy atom. The predicted octanol–water partition coefficient (Wildman–Crippen LogP) is 3.11. The number of anilines is 1. The molecule has 2 N–H and O–H groups in total. The number of aryl methyl sites for hydroxylation is 3. The Bertz CT molecular complexity index is 803. The fourth-order valence-electron chi connectivity index (χ4n) is 2.30. The number of rotatable bonds is 4. The fourth-order valence-corrected chi connectivity index (χ4v) is 2.30. The van der Waals surface area contributed by atoms with Gasteiger partial charge in [0.2, 0.25) is 0 Å². The number of hydrogen-bond donors (Lipinski definition) is 2. The summed E-state index contributed by atoms with van der Waals surface area (Å²) in [6, 6.07) is 3.82. The van der Waals surface area contributed by atoms with Gasteiger partial charge >= 0.3 is 0 Å². The SMILES string of the molecule is Cc1nc(CNc2nc(-c3ccncc3)nc(C)c2C)[nH]c1C. The van der Waals surface area contributed by atoms with Gasteiger partial charge in [-0.15, -0.1) is 0 Å². The number of hydrogen-bond acceptors (Lipinski definition) is 5. The Morgan fingerprint density at radius 2 is 1.70 bits per heavy atom. The molecule has 0 saturated carbocycles. The maximum absolute atomic E-state index is 4.66. The summed E-state index contributed by atoms with van der Waals surface area (Å²) in [5.41, 5.74) is 5.07. The summed E-state index contributed by atoms with van der Waals surface area (Å²) in [6.45, 7) is 8.63. The van der Waals surface area contributed by atoms with E-state index in [9.17, 15) is 0 Å². The molecule has 3 aromatic rings. The van der Waals surface area contributed by atoms with Crippen LogP contribution in [-0.4, -0.2) is 24.9 Å². The molecule has 0 bridgehead atoms. The average Bonchev–Trinajstić information content (AvgIpc) is 2.88. The second-order valence-electron chi connectivity index (χ2n) is 5.59.